The van der Waals surface area contributed by atoms with Gasteiger partial charge in [0.15, 0.2) is 0 Å². The van der Waals surface area contributed by atoms with E-state index in [0.717, 1.165) is 28.3 Å². The highest BCUT2D eigenvalue weighted by atomic mass is 79.9. The van der Waals surface area contributed by atoms with Gasteiger partial charge in [0.05, 0.1) is 15.9 Å². The maximum atomic E-state index is 5.89. The lowest BCUT2D eigenvalue weighted by Gasteiger charge is -2.17. The van der Waals surface area contributed by atoms with Gasteiger partial charge in [-0.05, 0) is 47.6 Å². The molecule has 3 nitrogen and oxygen atoms in total. The number of hydrogen-bond donors (Lipinski definition) is 0. The molecule has 0 spiro atoms. The van der Waals surface area contributed by atoms with Crippen LogP contribution in [-0.2, 0) is 20.1 Å². The van der Waals surface area contributed by atoms with Crippen molar-refractivity contribution in [2.24, 2.45) is 7.05 Å². The molecular formula is C14H17BrClN3. The van der Waals surface area contributed by atoms with Crippen molar-refractivity contribution < 1.29 is 0 Å². The number of aromatic nitrogens is 2. The Morgan fingerprint density at radius 2 is 1.89 bits per heavy atom. The predicted octanol–water partition coefficient (Wildman–Crippen LogP) is 3.78. The summed E-state index contributed by atoms with van der Waals surface area (Å²) < 4.78 is 3.02. The third kappa shape index (κ3) is 3.59. The summed E-state index contributed by atoms with van der Waals surface area (Å²) in [5.74, 6) is 0. The summed E-state index contributed by atoms with van der Waals surface area (Å²) in [7, 11) is 4.08. The Balaban J connectivity index is 2.05. The Labute approximate surface area is 127 Å². The molecule has 0 fully saturated rings. The lowest BCUT2D eigenvalue weighted by molar-refractivity contribution is 0.309. The van der Waals surface area contributed by atoms with Gasteiger partial charge in [-0.2, -0.15) is 5.10 Å². The van der Waals surface area contributed by atoms with E-state index in [1.54, 1.807) is 0 Å². The molecule has 1 aromatic carbocycles. The summed E-state index contributed by atoms with van der Waals surface area (Å²) in [6.45, 7) is 3.74. The van der Waals surface area contributed by atoms with Gasteiger partial charge in [-0.25, -0.2) is 0 Å². The minimum absolute atomic E-state index is 0.774. The first-order valence-corrected chi connectivity index (χ1v) is 7.25. The van der Waals surface area contributed by atoms with E-state index >= 15 is 0 Å². The van der Waals surface area contributed by atoms with Gasteiger partial charge in [-0.1, -0.05) is 23.7 Å². The summed E-state index contributed by atoms with van der Waals surface area (Å²) in [6, 6.07) is 7.97. The molecule has 0 aliphatic rings. The second-order valence-electron chi connectivity index (χ2n) is 4.77. The summed E-state index contributed by atoms with van der Waals surface area (Å²) in [5, 5.41) is 5.18. The van der Waals surface area contributed by atoms with Crippen LogP contribution in [0.5, 0.6) is 0 Å². The maximum absolute atomic E-state index is 5.89. The first kappa shape index (κ1) is 14.6. The van der Waals surface area contributed by atoms with Crippen molar-refractivity contribution in [2.45, 2.75) is 20.0 Å². The highest BCUT2D eigenvalue weighted by Gasteiger charge is 2.12. The number of aryl methyl sites for hydroxylation is 2. The van der Waals surface area contributed by atoms with Crippen LogP contribution in [0.4, 0.5) is 0 Å². The first-order chi connectivity index (χ1) is 8.97. The van der Waals surface area contributed by atoms with Crippen LogP contribution in [0.1, 0.15) is 17.0 Å². The molecular weight excluding hydrogens is 326 g/mol. The summed E-state index contributed by atoms with van der Waals surface area (Å²) >= 11 is 9.49. The maximum Gasteiger partial charge on any atom is 0.0739 e. The molecule has 0 atom stereocenters. The first-order valence-electron chi connectivity index (χ1n) is 6.08. The fourth-order valence-corrected chi connectivity index (χ4v) is 2.65. The van der Waals surface area contributed by atoms with Gasteiger partial charge in [0.1, 0.15) is 0 Å². The van der Waals surface area contributed by atoms with Crippen LogP contribution in [0, 0.1) is 6.92 Å². The van der Waals surface area contributed by atoms with Gasteiger partial charge >= 0.3 is 0 Å². The van der Waals surface area contributed by atoms with E-state index in [1.165, 1.54) is 11.3 Å². The van der Waals surface area contributed by atoms with E-state index in [4.69, 9.17) is 11.6 Å². The smallest absolute Gasteiger partial charge is 0.0739 e. The lowest BCUT2D eigenvalue weighted by Crippen LogP contribution is -2.19. The van der Waals surface area contributed by atoms with Crippen molar-refractivity contribution >= 4 is 27.5 Å². The Morgan fingerprint density at radius 3 is 2.42 bits per heavy atom. The van der Waals surface area contributed by atoms with Crippen LogP contribution in [-0.4, -0.2) is 21.7 Å². The van der Waals surface area contributed by atoms with Gasteiger partial charge < -0.3 is 0 Å². The third-order valence-corrected chi connectivity index (χ3v) is 4.33. The number of nitrogens with zero attached hydrogens (tertiary/aromatic N) is 3. The normalized spacial score (nSPS) is 11.3. The Hall–Kier alpha value is -0.840. The van der Waals surface area contributed by atoms with Crippen LogP contribution in [0.2, 0.25) is 5.02 Å². The van der Waals surface area contributed by atoms with Gasteiger partial charge in [0, 0.05) is 25.2 Å². The third-order valence-electron chi connectivity index (χ3n) is 3.05. The minimum Gasteiger partial charge on any atom is -0.296 e. The highest BCUT2D eigenvalue weighted by Crippen LogP contribution is 2.22. The molecule has 5 heteroatoms. The van der Waals surface area contributed by atoms with Gasteiger partial charge in [0.2, 0.25) is 0 Å². The van der Waals surface area contributed by atoms with E-state index in [2.05, 4.69) is 45.1 Å². The van der Waals surface area contributed by atoms with E-state index in [9.17, 15) is 0 Å². The van der Waals surface area contributed by atoms with Crippen molar-refractivity contribution in [3.8, 4) is 0 Å². The van der Waals surface area contributed by atoms with E-state index in [-0.39, 0.29) is 0 Å². The van der Waals surface area contributed by atoms with Crippen LogP contribution in [0.3, 0.4) is 0 Å². The van der Waals surface area contributed by atoms with Crippen molar-refractivity contribution in [3.63, 3.8) is 0 Å². The second kappa shape index (κ2) is 6.07. The summed E-state index contributed by atoms with van der Waals surface area (Å²) in [5.41, 5.74) is 3.47. The zero-order valence-corrected chi connectivity index (χ0v) is 13.7. The number of hydrogen-bond acceptors (Lipinski definition) is 2. The van der Waals surface area contributed by atoms with Crippen LogP contribution >= 0.6 is 27.5 Å². The highest BCUT2D eigenvalue weighted by molar-refractivity contribution is 9.10. The van der Waals surface area contributed by atoms with Crippen LogP contribution < -0.4 is 0 Å². The molecule has 0 bridgehead atoms. The molecule has 0 N–H and O–H groups in total. The van der Waals surface area contributed by atoms with Gasteiger partial charge in [0.25, 0.3) is 0 Å². The largest absolute Gasteiger partial charge is 0.296 e. The molecule has 0 saturated heterocycles. The van der Waals surface area contributed by atoms with Crippen molar-refractivity contribution in [2.75, 3.05) is 7.05 Å². The van der Waals surface area contributed by atoms with Gasteiger partial charge in [-0.3, -0.25) is 9.58 Å². The second-order valence-corrected chi connectivity index (χ2v) is 6.00. The average molecular weight is 343 g/mol. The molecule has 0 radical (unpaired) electrons. The zero-order chi connectivity index (χ0) is 14.0. The minimum atomic E-state index is 0.774. The molecule has 0 aliphatic heterocycles. The summed E-state index contributed by atoms with van der Waals surface area (Å²) in [4.78, 5) is 2.25. The molecule has 0 saturated carbocycles. The number of rotatable bonds is 4. The fraction of sp³-hybridized carbons (Fsp3) is 0.357. The van der Waals surface area contributed by atoms with Crippen LogP contribution in [0.15, 0.2) is 28.7 Å². The molecule has 0 amide bonds. The molecule has 1 heterocycles. The standard InChI is InChI=1S/C14H17BrClN3/c1-10-14(15)13(19(3)17-10)9-18(2)8-11-4-6-12(16)7-5-11/h4-7H,8-9H2,1-3H3. The molecule has 0 unspecified atom stereocenters. The Bertz CT molecular complexity index is 563. The molecule has 19 heavy (non-hydrogen) atoms. The summed E-state index contributed by atoms with van der Waals surface area (Å²) in [6.07, 6.45) is 0. The molecule has 2 rings (SSSR count). The molecule has 2 aromatic rings. The number of halogens is 2. The lowest BCUT2D eigenvalue weighted by atomic mass is 10.2. The van der Waals surface area contributed by atoms with Crippen molar-refractivity contribution in [1.29, 1.82) is 0 Å². The Kier molecular flexibility index (Phi) is 4.66. The van der Waals surface area contributed by atoms with Gasteiger partial charge in [-0.15, -0.1) is 0 Å². The quantitative estimate of drug-likeness (QED) is 0.843. The van der Waals surface area contributed by atoms with Crippen LogP contribution in [0.25, 0.3) is 0 Å². The topological polar surface area (TPSA) is 21.1 Å². The molecule has 0 aliphatic carbocycles. The van der Waals surface area contributed by atoms with Crippen molar-refractivity contribution in [1.82, 2.24) is 14.7 Å². The van der Waals surface area contributed by atoms with E-state index < -0.39 is 0 Å². The number of benzene rings is 1. The SMILES string of the molecule is Cc1nn(C)c(CN(C)Cc2ccc(Cl)cc2)c1Br. The van der Waals surface area contributed by atoms with E-state index in [0.29, 0.717) is 0 Å². The molecule has 102 valence electrons. The Morgan fingerprint density at radius 1 is 1.26 bits per heavy atom. The van der Waals surface area contributed by atoms with Crippen molar-refractivity contribution in [3.05, 3.63) is 50.7 Å². The molecule has 1 aromatic heterocycles. The average Bonchev–Trinajstić information content (AvgIpc) is 2.59. The fourth-order valence-electron chi connectivity index (χ4n) is 2.06. The zero-order valence-electron chi connectivity index (χ0n) is 11.3. The predicted molar refractivity (Wildman–Crippen MR) is 82.3 cm³/mol. The monoisotopic (exact) mass is 341 g/mol. The van der Waals surface area contributed by atoms with E-state index in [1.807, 2.05) is 30.8 Å².